The van der Waals surface area contributed by atoms with Crippen LogP contribution in [0.1, 0.15) is 63.7 Å². The maximum absolute atomic E-state index is 12.6. The number of esters is 1. The number of amides is 2. The van der Waals surface area contributed by atoms with Gasteiger partial charge in [0.1, 0.15) is 0 Å². The maximum atomic E-state index is 12.6. The fourth-order valence-electron chi connectivity index (χ4n) is 3.38. The zero-order valence-corrected chi connectivity index (χ0v) is 18.5. The van der Waals surface area contributed by atoms with Crippen molar-refractivity contribution in [2.24, 2.45) is 5.92 Å². The number of thioether (sulfide) groups is 1. The molecule has 0 aliphatic heterocycles. The zero-order valence-electron chi connectivity index (χ0n) is 17.7. The molecule has 1 aromatic rings. The van der Waals surface area contributed by atoms with Crippen LogP contribution < -0.4 is 10.6 Å². The summed E-state index contributed by atoms with van der Waals surface area (Å²) in [5, 5.41) is 5.85. The van der Waals surface area contributed by atoms with Gasteiger partial charge in [-0.3, -0.25) is 9.59 Å². The van der Waals surface area contributed by atoms with E-state index in [1.54, 1.807) is 31.2 Å². The van der Waals surface area contributed by atoms with Crippen LogP contribution in [0.4, 0.5) is 0 Å². The van der Waals surface area contributed by atoms with E-state index in [0.717, 1.165) is 19.3 Å². The Morgan fingerprint density at radius 2 is 1.83 bits per heavy atom. The highest BCUT2D eigenvalue weighted by molar-refractivity contribution is 8.00. The van der Waals surface area contributed by atoms with Gasteiger partial charge in [-0.25, -0.2) is 4.79 Å². The van der Waals surface area contributed by atoms with Crippen molar-refractivity contribution in [3.8, 4) is 0 Å². The summed E-state index contributed by atoms with van der Waals surface area (Å²) in [6, 6.07) is 7.18. The molecule has 0 spiro atoms. The standard InChI is InChI=1S/C22H32N2O4S/c1-14(2)23-20(25)13-29-19-12-8-6-10-17(19)22(27)28-16(4)21(26)24-18-11-7-5-9-15(18)3/h6,8,10,12,14-16,18H,5,7,9,11,13H2,1-4H3,(H,23,25)(H,24,26)/t15-,16+,18+/m0/s1. The van der Waals surface area contributed by atoms with Crippen molar-refractivity contribution in [2.45, 2.75) is 76.5 Å². The van der Waals surface area contributed by atoms with Crippen molar-refractivity contribution in [1.29, 1.82) is 0 Å². The van der Waals surface area contributed by atoms with Crippen LogP contribution in [0, 0.1) is 5.92 Å². The molecule has 7 heteroatoms. The highest BCUT2D eigenvalue weighted by atomic mass is 32.2. The van der Waals surface area contributed by atoms with E-state index in [9.17, 15) is 14.4 Å². The number of nitrogens with one attached hydrogen (secondary N) is 2. The molecular weight excluding hydrogens is 388 g/mol. The van der Waals surface area contributed by atoms with Crippen LogP contribution >= 0.6 is 11.8 Å². The summed E-state index contributed by atoms with van der Waals surface area (Å²) in [6.07, 6.45) is 3.50. The van der Waals surface area contributed by atoms with Crippen LogP contribution in [0.5, 0.6) is 0 Å². The van der Waals surface area contributed by atoms with Gasteiger partial charge in [-0.1, -0.05) is 31.9 Å². The molecule has 0 bridgehead atoms. The van der Waals surface area contributed by atoms with Gasteiger partial charge < -0.3 is 15.4 Å². The van der Waals surface area contributed by atoms with Crippen LogP contribution in [0.2, 0.25) is 0 Å². The normalized spacial score (nSPS) is 20.0. The molecule has 1 aliphatic carbocycles. The number of benzene rings is 1. The van der Waals surface area contributed by atoms with E-state index in [1.807, 2.05) is 13.8 Å². The quantitative estimate of drug-likeness (QED) is 0.496. The van der Waals surface area contributed by atoms with Gasteiger partial charge in [0.15, 0.2) is 6.10 Å². The Morgan fingerprint density at radius 3 is 2.52 bits per heavy atom. The van der Waals surface area contributed by atoms with Gasteiger partial charge in [0.25, 0.3) is 5.91 Å². The summed E-state index contributed by atoms with van der Waals surface area (Å²) < 4.78 is 5.42. The lowest BCUT2D eigenvalue weighted by molar-refractivity contribution is -0.130. The van der Waals surface area contributed by atoms with Gasteiger partial charge >= 0.3 is 5.97 Å². The third-order valence-electron chi connectivity index (χ3n) is 5.01. The predicted molar refractivity (Wildman–Crippen MR) is 115 cm³/mol. The minimum absolute atomic E-state index is 0.0644. The lowest BCUT2D eigenvalue weighted by Crippen LogP contribution is -2.46. The van der Waals surface area contributed by atoms with Crippen molar-refractivity contribution in [2.75, 3.05) is 5.75 Å². The number of hydrogen-bond acceptors (Lipinski definition) is 5. The first-order valence-electron chi connectivity index (χ1n) is 10.3. The highest BCUT2D eigenvalue weighted by Gasteiger charge is 2.27. The van der Waals surface area contributed by atoms with E-state index >= 15 is 0 Å². The molecule has 0 aromatic heterocycles. The fraction of sp³-hybridized carbons (Fsp3) is 0.591. The lowest BCUT2D eigenvalue weighted by Gasteiger charge is -2.30. The first-order valence-corrected chi connectivity index (χ1v) is 11.3. The van der Waals surface area contributed by atoms with E-state index in [1.165, 1.54) is 18.2 Å². The Balaban J connectivity index is 1.93. The van der Waals surface area contributed by atoms with E-state index < -0.39 is 12.1 Å². The first kappa shape index (κ1) is 23.3. The van der Waals surface area contributed by atoms with Crippen molar-refractivity contribution >= 4 is 29.5 Å². The number of carbonyl (C=O) groups excluding carboxylic acids is 3. The Kier molecular flexibility index (Phi) is 9.01. The van der Waals surface area contributed by atoms with E-state index in [4.69, 9.17) is 4.74 Å². The van der Waals surface area contributed by atoms with Crippen LogP contribution in [0.3, 0.4) is 0 Å². The maximum Gasteiger partial charge on any atom is 0.340 e. The molecule has 1 aliphatic rings. The largest absolute Gasteiger partial charge is 0.449 e. The SMILES string of the molecule is CC(C)NC(=O)CSc1ccccc1C(=O)O[C@H](C)C(=O)N[C@@H]1CCCC[C@@H]1C. The second kappa shape index (κ2) is 11.2. The Labute approximate surface area is 177 Å². The molecule has 6 nitrogen and oxygen atoms in total. The monoisotopic (exact) mass is 420 g/mol. The van der Waals surface area contributed by atoms with Gasteiger partial charge in [0.2, 0.25) is 5.91 Å². The van der Waals surface area contributed by atoms with Crippen LogP contribution in [-0.4, -0.2) is 41.7 Å². The predicted octanol–water partition coefficient (Wildman–Crippen LogP) is 3.54. The molecule has 1 saturated carbocycles. The summed E-state index contributed by atoms with van der Waals surface area (Å²) >= 11 is 1.28. The molecule has 2 amide bonds. The zero-order chi connectivity index (χ0) is 21.4. The number of carbonyl (C=O) groups is 3. The molecule has 3 atom stereocenters. The Hall–Kier alpha value is -2.02. The molecule has 1 fully saturated rings. The number of ether oxygens (including phenoxy) is 1. The molecule has 2 rings (SSSR count). The Bertz CT molecular complexity index is 723. The van der Waals surface area contributed by atoms with Crippen LogP contribution in [0.15, 0.2) is 29.2 Å². The third-order valence-corrected chi connectivity index (χ3v) is 6.08. The molecular formula is C22H32N2O4S. The lowest BCUT2D eigenvalue weighted by atomic mass is 9.86. The second-order valence-electron chi connectivity index (χ2n) is 7.93. The molecule has 0 heterocycles. The smallest absolute Gasteiger partial charge is 0.340 e. The first-order chi connectivity index (χ1) is 13.8. The summed E-state index contributed by atoms with van der Waals surface area (Å²) in [4.78, 5) is 37.7. The van der Waals surface area contributed by atoms with Gasteiger partial charge in [-0.15, -0.1) is 11.8 Å². The van der Waals surface area contributed by atoms with Crippen molar-refractivity contribution in [1.82, 2.24) is 10.6 Å². The number of hydrogen-bond donors (Lipinski definition) is 2. The average Bonchev–Trinajstić information content (AvgIpc) is 2.67. The molecule has 160 valence electrons. The molecule has 1 aromatic carbocycles. The average molecular weight is 421 g/mol. The van der Waals surface area contributed by atoms with Gasteiger partial charge in [-0.05, 0) is 51.7 Å². The van der Waals surface area contributed by atoms with Crippen LogP contribution in [-0.2, 0) is 14.3 Å². The number of rotatable bonds is 8. The minimum atomic E-state index is -0.876. The minimum Gasteiger partial charge on any atom is -0.449 e. The van der Waals surface area contributed by atoms with Crippen molar-refractivity contribution in [3.63, 3.8) is 0 Å². The van der Waals surface area contributed by atoms with Gasteiger partial charge in [0.05, 0.1) is 11.3 Å². The summed E-state index contributed by atoms with van der Waals surface area (Å²) in [6.45, 7) is 7.53. The van der Waals surface area contributed by atoms with Crippen LogP contribution in [0.25, 0.3) is 0 Å². The second-order valence-corrected chi connectivity index (χ2v) is 8.95. The molecule has 29 heavy (non-hydrogen) atoms. The van der Waals surface area contributed by atoms with E-state index in [-0.39, 0.29) is 29.7 Å². The van der Waals surface area contributed by atoms with Crippen molar-refractivity contribution < 1.29 is 19.1 Å². The van der Waals surface area contributed by atoms with Gasteiger partial charge in [0, 0.05) is 17.0 Å². The summed E-state index contributed by atoms with van der Waals surface area (Å²) in [5.41, 5.74) is 0.362. The van der Waals surface area contributed by atoms with Gasteiger partial charge in [-0.2, -0.15) is 0 Å². The van der Waals surface area contributed by atoms with E-state index in [2.05, 4.69) is 17.6 Å². The Morgan fingerprint density at radius 1 is 1.14 bits per heavy atom. The molecule has 0 radical (unpaired) electrons. The summed E-state index contributed by atoms with van der Waals surface area (Å²) in [7, 11) is 0. The third kappa shape index (κ3) is 7.38. The van der Waals surface area contributed by atoms with E-state index in [0.29, 0.717) is 16.4 Å². The topological polar surface area (TPSA) is 84.5 Å². The molecule has 0 saturated heterocycles. The van der Waals surface area contributed by atoms with Crippen molar-refractivity contribution in [3.05, 3.63) is 29.8 Å². The highest BCUT2D eigenvalue weighted by Crippen LogP contribution is 2.25. The fourth-order valence-corrected chi connectivity index (χ4v) is 4.23. The molecule has 0 unspecified atom stereocenters. The summed E-state index contributed by atoms with van der Waals surface area (Å²) in [5.74, 6) is -0.277. The molecule has 2 N–H and O–H groups in total.